The Bertz CT molecular complexity index is 493. The number of hydrogen-bond acceptors (Lipinski definition) is 4. The van der Waals surface area contributed by atoms with Crippen molar-refractivity contribution in [1.82, 2.24) is 5.32 Å². The van der Waals surface area contributed by atoms with Gasteiger partial charge < -0.3 is 15.0 Å². The van der Waals surface area contributed by atoms with Crippen LogP contribution in [-0.4, -0.2) is 45.0 Å². The predicted molar refractivity (Wildman–Crippen MR) is 72.9 cm³/mol. The second-order valence-electron chi connectivity index (χ2n) is 4.19. The molecule has 1 aromatic rings. The van der Waals surface area contributed by atoms with E-state index in [2.05, 4.69) is 5.32 Å². The van der Waals surface area contributed by atoms with Crippen molar-refractivity contribution < 1.29 is 14.3 Å². The summed E-state index contributed by atoms with van der Waals surface area (Å²) in [4.78, 5) is 24.9. The lowest BCUT2D eigenvalue weighted by molar-refractivity contribution is -0.124. The van der Waals surface area contributed by atoms with Crippen LogP contribution in [0.5, 0.6) is 0 Å². The lowest BCUT2D eigenvalue weighted by atomic mass is 10.1. The Kier molecular flexibility index (Phi) is 4.39. The molecule has 1 aromatic carbocycles. The van der Waals surface area contributed by atoms with Crippen molar-refractivity contribution in [3.63, 3.8) is 0 Å². The molecule has 5 nitrogen and oxygen atoms in total. The number of nitrogens with one attached hydrogen (secondary N) is 1. The number of halogens is 1. The van der Waals surface area contributed by atoms with E-state index in [1.54, 1.807) is 25.2 Å². The Morgan fingerprint density at radius 2 is 2.37 bits per heavy atom. The van der Waals surface area contributed by atoms with Crippen LogP contribution in [0.1, 0.15) is 10.4 Å². The summed E-state index contributed by atoms with van der Waals surface area (Å²) in [6.45, 7) is 1.29. The van der Waals surface area contributed by atoms with E-state index in [-0.39, 0.29) is 12.5 Å². The second kappa shape index (κ2) is 6.04. The largest absolute Gasteiger partial charge is 0.377 e. The summed E-state index contributed by atoms with van der Waals surface area (Å²) >= 11 is 6.18. The molecule has 1 fully saturated rings. The topological polar surface area (TPSA) is 58.6 Å². The molecule has 0 saturated carbocycles. The van der Waals surface area contributed by atoms with Crippen LogP contribution in [0.25, 0.3) is 0 Å². The molecule has 0 bridgehead atoms. The summed E-state index contributed by atoms with van der Waals surface area (Å²) in [5, 5.41) is 3.06. The third-order valence-corrected chi connectivity index (χ3v) is 3.41. The van der Waals surface area contributed by atoms with Crippen molar-refractivity contribution in [2.75, 3.05) is 31.7 Å². The molecule has 102 valence electrons. The van der Waals surface area contributed by atoms with Gasteiger partial charge in [0.25, 0.3) is 0 Å². The molecule has 1 amide bonds. The van der Waals surface area contributed by atoms with E-state index in [1.807, 2.05) is 4.90 Å². The highest BCUT2D eigenvalue weighted by Crippen LogP contribution is 2.31. The van der Waals surface area contributed by atoms with Crippen molar-refractivity contribution >= 4 is 29.5 Å². The molecule has 19 heavy (non-hydrogen) atoms. The zero-order chi connectivity index (χ0) is 13.8. The Labute approximate surface area is 116 Å². The van der Waals surface area contributed by atoms with Crippen molar-refractivity contribution in [2.24, 2.45) is 0 Å². The molecular weight excluding hydrogens is 268 g/mol. The number of rotatable bonds is 3. The number of amides is 1. The second-order valence-corrected chi connectivity index (χ2v) is 4.60. The highest BCUT2D eigenvalue weighted by Gasteiger charge is 2.31. The molecule has 1 unspecified atom stereocenters. The first-order valence-corrected chi connectivity index (χ1v) is 6.36. The number of para-hydroxylation sites is 1. The highest BCUT2D eigenvalue weighted by molar-refractivity contribution is 6.34. The fraction of sp³-hybridized carbons (Fsp3) is 0.385. The molecule has 0 aliphatic carbocycles. The summed E-state index contributed by atoms with van der Waals surface area (Å²) in [6.07, 6.45) is 0.748. The van der Waals surface area contributed by atoms with E-state index >= 15 is 0 Å². The summed E-state index contributed by atoms with van der Waals surface area (Å²) in [5.74, 6) is -0.156. The summed E-state index contributed by atoms with van der Waals surface area (Å²) in [6, 6.07) is 4.63. The van der Waals surface area contributed by atoms with Gasteiger partial charge in [0.15, 0.2) is 6.29 Å². The normalized spacial score (nSPS) is 19.1. The summed E-state index contributed by atoms with van der Waals surface area (Å²) < 4.78 is 5.34. The number of hydrogen-bond donors (Lipinski definition) is 1. The van der Waals surface area contributed by atoms with Crippen molar-refractivity contribution in [2.45, 2.75) is 6.04 Å². The monoisotopic (exact) mass is 282 g/mol. The van der Waals surface area contributed by atoms with Gasteiger partial charge in [-0.15, -0.1) is 0 Å². The zero-order valence-electron chi connectivity index (χ0n) is 10.6. The molecule has 1 atom stereocenters. The van der Waals surface area contributed by atoms with Gasteiger partial charge in [0.2, 0.25) is 5.91 Å². The van der Waals surface area contributed by atoms with Gasteiger partial charge >= 0.3 is 0 Å². The number of nitrogens with zero attached hydrogens (tertiary/aromatic N) is 1. The highest BCUT2D eigenvalue weighted by atomic mass is 35.5. The fourth-order valence-electron chi connectivity index (χ4n) is 2.19. The van der Waals surface area contributed by atoms with Gasteiger partial charge in [0, 0.05) is 19.2 Å². The number of anilines is 1. The van der Waals surface area contributed by atoms with Crippen LogP contribution in [0, 0.1) is 0 Å². The lowest BCUT2D eigenvalue weighted by Crippen LogP contribution is -2.53. The maximum Gasteiger partial charge on any atom is 0.244 e. The maximum atomic E-state index is 11.9. The quantitative estimate of drug-likeness (QED) is 0.844. The Morgan fingerprint density at radius 3 is 3.05 bits per heavy atom. The van der Waals surface area contributed by atoms with Crippen LogP contribution < -0.4 is 10.2 Å². The molecule has 6 heteroatoms. The fourth-order valence-corrected chi connectivity index (χ4v) is 2.48. The van der Waals surface area contributed by atoms with Gasteiger partial charge in [-0.05, 0) is 12.1 Å². The SMILES string of the molecule is CNC(=O)C1COCCN1c1c(Cl)cccc1C=O. The van der Waals surface area contributed by atoms with Crippen molar-refractivity contribution in [3.8, 4) is 0 Å². The molecule has 1 heterocycles. The molecule has 1 N–H and O–H groups in total. The van der Waals surface area contributed by atoms with Gasteiger partial charge in [-0.25, -0.2) is 0 Å². The van der Waals surface area contributed by atoms with Gasteiger partial charge in [0.1, 0.15) is 6.04 Å². The molecule has 2 rings (SSSR count). The minimum atomic E-state index is -0.475. The van der Waals surface area contributed by atoms with Crippen LogP contribution in [0.3, 0.4) is 0 Å². The van der Waals surface area contributed by atoms with Gasteiger partial charge in [-0.3, -0.25) is 9.59 Å². The number of ether oxygens (including phenoxy) is 1. The molecule has 1 aliphatic heterocycles. The molecule has 1 aliphatic rings. The van der Waals surface area contributed by atoms with Gasteiger partial charge in [-0.2, -0.15) is 0 Å². The third kappa shape index (κ3) is 2.72. The van der Waals surface area contributed by atoms with Crippen molar-refractivity contribution in [3.05, 3.63) is 28.8 Å². The number of carbonyl (C=O) groups excluding carboxylic acids is 2. The first-order valence-electron chi connectivity index (χ1n) is 5.98. The predicted octanol–water partition coefficient (Wildman–Crippen LogP) is 1.10. The van der Waals surface area contributed by atoms with Gasteiger partial charge in [-0.1, -0.05) is 17.7 Å². The van der Waals surface area contributed by atoms with Crippen LogP contribution >= 0.6 is 11.6 Å². The van der Waals surface area contributed by atoms with Crippen molar-refractivity contribution in [1.29, 1.82) is 0 Å². The molecule has 0 spiro atoms. The number of likely N-dealkylation sites (N-methyl/N-ethyl adjacent to an activating group) is 1. The molecular formula is C13H15ClN2O3. The first-order chi connectivity index (χ1) is 9.19. The van der Waals surface area contributed by atoms with Crippen LogP contribution in [-0.2, 0) is 9.53 Å². The van der Waals surface area contributed by atoms with Crippen LogP contribution in [0.2, 0.25) is 5.02 Å². The van der Waals surface area contributed by atoms with Crippen LogP contribution in [0.15, 0.2) is 18.2 Å². The first kappa shape index (κ1) is 13.8. The Morgan fingerprint density at radius 1 is 1.58 bits per heavy atom. The number of aldehydes is 1. The summed E-state index contributed by atoms with van der Waals surface area (Å²) in [5.41, 5.74) is 1.07. The molecule has 0 radical (unpaired) electrons. The lowest BCUT2D eigenvalue weighted by Gasteiger charge is -2.37. The average Bonchev–Trinajstić information content (AvgIpc) is 2.46. The molecule has 0 aromatic heterocycles. The maximum absolute atomic E-state index is 11.9. The Balaban J connectivity index is 2.42. The van der Waals surface area contributed by atoms with E-state index < -0.39 is 6.04 Å². The van der Waals surface area contributed by atoms with Gasteiger partial charge in [0.05, 0.1) is 23.9 Å². The Hall–Kier alpha value is -1.59. The standard InChI is InChI=1S/C13H15ClN2O3/c1-15-13(18)11-8-19-6-5-16(11)12-9(7-17)3-2-4-10(12)14/h2-4,7,11H,5-6,8H2,1H3,(H,15,18). The zero-order valence-corrected chi connectivity index (χ0v) is 11.3. The minimum Gasteiger partial charge on any atom is -0.377 e. The van der Waals surface area contributed by atoms with Crippen LogP contribution in [0.4, 0.5) is 5.69 Å². The number of benzene rings is 1. The van der Waals surface area contributed by atoms with E-state index in [1.165, 1.54) is 0 Å². The smallest absolute Gasteiger partial charge is 0.244 e. The number of morpholine rings is 1. The van der Waals surface area contributed by atoms with E-state index in [0.29, 0.717) is 29.4 Å². The average molecular weight is 283 g/mol. The molecule has 1 saturated heterocycles. The van der Waals surface area contributed by atoms with E-state index in [9.17, 15) is 9.59 Å². The van der Waals surface area contributed by atoms with E-state index in [0.717, 1.165) is 6.29 Å². The minimum absolute atomic E-state index is 0.156. The van der Waals surface area contributed by atoms with E-state index in [4.69, 9.17) is 16.3 Å². The third-order valence-electron chi connectivity index (χ3n) is 3.11. The summed E-state index contributed by atoms with van der Waals surface area (Å²) in [7, 11) is 1.57. The number of carbonyl (C=O) groups is 2.